The van der Waals surface area contributed by atoms with E-state index in [0.29, 0.717) is 22.3 Å². The van der Waals surface area contributed by atoms with Crippen molar-refractivity contribution >= 4 is 11.9 Å². The van der Waals surface area contributed by atoms with Gasteiger partial charge in [-0.3, -0.25) is 9.63 Å². The number of quaternary nitrogens is 1. The van der Waals surface area contributed by atoms with Gasteiger partial charge in [0.15, 0.2) is 0 Å². The first-order valence-corrected chi connectivity index (χ1v) is 14.6. The maximum Gasteiger partial charge on any atom is 0.497 e. The Bertz CT molecular complexity index is 1490. The lowest BCUT2D eigenvalue weighted by atomic mass is 9.72. The van der Waals surface area contributed by atoms with Gasteiger partial charge in [0.1, 0.15) is 30.8 Å². The number of alkyl halides is 3. The van der Waals surface area contributed by atoms with E-state index in [0.717, 1.165) is 0 Å². The Hall–Kier alpha value is -4.34. The lowest BCUT2D eigenvalue weighted by Gasteiger charge is -2.47. The monoisotopic (exact) mass is 628 g/mol. The minimum absolute atomic E-state index is 0.0284. The van der Waals surface area contributed by atoms with Crippen molar-refractivity contribution in [3.8, 4) is 6.07 Å². The van der Waals surface area contributed by atoms with Crippen LogP contribution >= 0.6 is 0 Å². The molecular formula is C33H31F5N3O4+. The maximum absolute atomic E-state index is 14.1. The molecule has 0 unspecified atom stereocenters. The summed E-state index contributed by atoms with van der Waals surface area (Å²) in [6.07, 6.45) is -4.42. The van der Waals surface area contributed by atoms with E-state index in [4.69, 9.17) is 9.57 Å². The molecule has 1 amide bonds. The highest BCUT2D eigenvalue weighted by atomic mass is 19.4. The topological polar surface area (TPSA) is 88.4 Å². The predicted molar refractivity (Wildman–Crippen MR) is 151 cm³/mol. The van der Waals surface area contributed by atoms with Gasteiger partial charge in [-0.05, 0) is 59.5 Å². The SMILES string of the molecule is N#Cc1ccc([C@@H]2C[C@H]([N+]3(OC(=O)C(F)(F)F)CCOCC3)CC[C@H]2C(=O)NC(c2ccc(F)cc2)c2ccc(F)cc2)cc1. The summed E-state index contributed by atoms with van der Waals surface area (Å²) < 4.78 is 72.3. The molecule has 3 atom stereocenters. The Balaban J connectivity index is 1.47. The minimum atomic E-state index is -5.18. The number of morpholine rings is 1. The molecule has 236 valence electrons. The van der Waals surface area contributed by atoms with Crippen molar-refractivity contribution in [3.05, 3.63) is 107 Å². The quantitative estimate of drug-likeness (QED) is 0.262. The van der Waals surface area contributed by atoms with Crippen molar-refractivity contribution in [2.24, 2.45) is 5.92 Å². The lowest BCUT2D eigenvalue weighted by Crippen LogP contribution is -2.64. The van der Waals surface area contributed by atoms with E-state index in [9.17, 15) is 36.8 Å². The van der Waals surface area contributed by atoms with Gasteiger partial charge in [-0.25, -0.2) is 13.6 Å². The molecule has 2 fully saturated rings. The molecule has 1 heterocycles. The summed E-state index contributed by atoms with van der Waals surface area (Å²) in [5.74, 6) is -4.73. The number of nitriles is 1. The third-order valence-corrected chi connectivity index (χ3v) is 8.71. The second-order valence-electron chi connectivity index (χ2n) is 11.3. The van der Waals surface area contributed by atoms with Gasteiger partial charge in [0.25, 0.3) is 0 Å². The molecule has 0 radical (unpaired) electrons. The van der Waals surface area contributed by atoms with E-state index in [1.807, 2.05) is 6.07 Å². The van der Waals surface area contributed by atoms with Gasteiger partial charge < -0.3 is 10.1 Å². The number of nitrogens with one attached hydrogen (secondary N) is 1. The Morgan fingerprint density at radius 2 is 1.44 bits per heavy atom. The number of benzene rings is 3. The highest BCUT2D eigenvalue weighted by Gasteiger charge is 2.54. The molecule has 0 aromatic heterocycles. The highest BCUT2D eigenvalue weighted by molar-refractivity contribution is 5.81. The molecule has 1 N–H and O–H groups in total. The average Bonchev–Trinajstić information content (AvgIpc) is 3.04. The molecule has 12 heteroatoms. The third-order valence-electron chi connectivity index (χ3n) is 8.71. The van der Waals surface area contributed by atoms with Gasteiger partial charge >= 0.3 is 12.1 Å². The van der Waals surface area contributed by atoms with Gasteiger partial charge in [0.05, 0.1) is 30.9 Å². The first kappa shape index (κ1) is 32.1. The van der Waals surface area contributed by atoms with Crippen LogP contribution in [-0.4, -0.2) is 55.0 Å². The Morgan fingerprint density at radius 3 is 1.96 bits per heavy atom. The molecule has 0 spiro atoms. The number of carbonyl (C=O) groups is 2. The highest BCUT2D eigenvalue weighted by Crippen LogP contribution is 2.43. The molecule has 45 heavy (non-hydrogen) atoms. The molecule has 2 aliphatic rings. The number of rotatable bonds is 7. The largest absolute Gasteiger partial charge is 0.497 e. The van der Waals surface area contributed by atoms with Crippen molar-refractivity contribution in [2.45, 2.75) is 43.4 Å². The summed E-state index contributed by atoms with van der Waals surface area (Å²) in [6.45, 7) is 0.259. The molecule has 3 aromatic carbocycles. The standard InChI is InChI=1S/C33H30F5N3O4/c34-25-9-5-23(6-10-25)30(24-7-11-26(35)12-8-24)40-31(42)28-14-13-27(19-29(28)22-3-1-21(20-39)2-4-22)41(15-17-44-18-16-41)45-32(43)33(36,37)38/h1-12,27-30H,13-19H2/p+1/t27-,28-,29+/m1/s1. The van der Waals surface area contributed by atoms with Crippen molar-refractivity contribution in [1.29, 1.82) is 5.26 Å². The van der Waals surface area contributed by atoms with E-state index < -0.39 is 52.3 Å². The van der Waals surface area contributed by atoms with Crippen LogP contribution in [0, 0.1) is 28.9 Å². The molecule has 0 bridgehead atoms. The van der Waals surface area contributed by atoms with E-state index in [1.54, 1.807) is 24.3 Å². The number of carbonyl (C=O) groups excluding carboxylic acids is 2. The molecule has 1 aliphatic carbocycles. The number of hydrogen-bond acceptors (Lipinski definition) is 5. The van der Waals surface area contributed by atoms with E-state index in [1.165, 1.54) is 48.5 Å². The van der Waals surface area contributed by atoms with Crippen LogP contribution in [0.5, 0.6) is 0 Å². The third kappa shape index (κ3) is 7.32. The Morgan fingerprint density at radius 1 is 0.889 bits per heavy atom. The summed E-state index contributed by atoms with van der Waals surface area (Å²) in [4.78, 5) is 31.3. The van der Waals surface area contributed by atoms with Gasteiger partial charge in [0, 0.05) is 24.7 Å². The number of amides is 1. The zero-order valence-corrected chi connectivity index (χ0v) is 24.1. The predicted octanol–water partition coefficient (Wildman–Crippen LogP) is 5.86. The lowest BCUT2D eigenvalue weighted by molar-refractivity contribution is -1.11. The number of ether oxygens (including phenoxy) is 1. The average molecular weight is 629 g/mol. The number of halogens is 5. The maximum atomic E-state index is 14.1. The van der Waals surface area contributed by atoms with Crippen LogP contribution in [0.15, 0.2) is 72.8 Å². The van der Waals surface area contributed by atoms with Gasteiger partial charge in [-0.1, -0.05) is 36.4 Å². The number of hydroxylamine groups is 3. The van der Waals surface area contributed by atoms with E-state index >= 15 is 0 Å². The first-order valence-electron chi connectivity index (χ1n) is 14.6. The van der Waals surface area contributed by atoms with Crippen molar-refractivity contribution in [1.82, 2.24) is 5.32 Å². The van der Waals surface area contributed by atoms with Gasteiger partial charge in [-0.15, -0.1) is 4.65 Å². The zero-order chi connectivity index (χ0) is 32.2. The van der Waals surface area contributed by atoms with Crippen LogP contribution in [0.25, 0.3) is 0 Å². The van der Waals surface area contributed by atoms with Crippen LogP contribution in [0.3, 0.4) is 0 Å². The van der Waals surface area contributed by atoms with Crippen LogP contribution in [-0.2, 0) is 19.2 Å². The second kappa shape index (κ2) is 13.3. The molecular weight excluding hydrogens is 597 g/mol. The van der Waals surface area contributed by atoms with Gasteiger partial charge in [0.2, 0.25) is 5.91 Å². The smallest absolute Gasteiger partial charge is 0.369 e. The fourth-order valence-corrected chi connectivity index (χ4v) is 6.38. The van der Waals surface area contributed by atoms with Crippen molar-refractivity contribution < 1.29 is 45.8 Å². The van der Waals surface area contributed by atoms with Crippen LogP contribution in [0.1, 0.15) is 53.5 Å². The Labute approximate surface area is 256 Å². The molecule has 7 nitrogen and oxygen atoms in total. The van der Waals surface area contributed by atoms with Crippen LogP contribution in [0.4, 0.5) is 22.0 Å². The molecule has 5 rings (SSSR count). The summed E-state index contributed by atoms with van der Waals surface area (Å²) in [6, 6.07) is 18.5. The molecule has 1 aliphatic heterocycles. The minimum Gasteiger partial charge on any atom is -0.369 e. The van der Waals surface area contributed by atoms with Gasteiger partial charge in [-0.2, -0.15) is 18.4 Å². The van der Waals surface area contributed by atoms with E-state index in [2.05, 4.69) is 5.32 Å². The van der Waals surface area contributed by atoms with Crippen LogP contribution in [0.2, 0.25) is 0 Å². The number of nitrogens with zero attached hydrogens (tertiary/aromatic N) is 2. The molecule has 3 aromatic rings. The van der Waals surface area contributed by atoms with Crippen LogP contribution < -0.4 is 5.32 Å². The van der Waals surface area contributed by atoms with E-state index in [-0.39, 0.29) is 51.5 Å². The fourth-order valence-electron chi connectivity index (χ4n) is 6.38. The summed E-state index contributed by atoms with van der Waals surface area (Å²) in [5.41, 5.74) is 2.23. The Kier molecular flexibility index (Phi) is 9.51. The van der Waals surface area contributed by atoms with Crippen molar-refractivity contribution in [3.63, 3.8) is 0 Å². The second-order valence-corrected chi connectivity index (χ2v) is 11.3. The van der Waals surface area contributed by atoms with Crippen molar-refractivity contribution in [2.75, 3.05) is 26.3 Å². The first-order chi connectivity index (χ1) is 21.5. The summed E-state index contributed by atoms with van der Waals surface area (Å²) in [7, 11) is 0. The summed E-state index contributed by atoms with van der Waals surface area (Å²) >= 11 is 0. The number of hydrogen-bond donors (Lipinski definition) is 1. The zero-order valence-electron chi connectivity index (χ0n) is 24.1. The molecule has 1 saturated carbocycles. The fraction of sp³-hybridized carbons (Fsp3) is 0.364. The summed E-state index contributed by atoms with van der Waals surface area (Å²) in [5, 5.41) is 12.4. The normalized spacial score (nSPS) is 21.5. The molecule has 1 saturated heterocycles.